The molecule has 2 aliphatic heterocycles. The lowest BCUT2D eigenvalue weighted by Gasteiger charge is -2.42. The number of pyridine rings is 1. The van der Waals surface area contributed by atoms with Gasteiger partial charge in [-0.3, -0.25) is 19.4 Å². The van der Waals surface area contributed by atoms with Crippen LogP contribution in [-0.4, -0.2) is 70.6 Å². The van der Waals surface area contributed by atoms with Gasteiger partial charge >= 0.3 is 0 Å². The molecule has 26 heavy (non-hydrogen) atoms. The monoisotopic (exact) mass is 357 g/mol. The zero-order valence-corrected chi connectivity index (χ0v) is 14.9. The van der Waals surface area contributed by atoms with Crippen LogP contribution in [0.5, 0.6) is 0 Å². The largest absolute Gasteiger partial charge is 0.377 e. The second kappa shape index (κ2) is 7.14. The van der Waals surface area contributed by atoms with Crippen molar-refractivity contribution in [3.05, 3.63) is 42.5 Å². The number of anilines is 1. The van der Waals surface area contributed by atoms with Gasteiger partial charge in [-0.15, -0.1) is 0 Å². The third-order valence-electron chi connectivity index (χ3n) is 4.80. The lowest BCUT2D eigenvalue weighted by molar-refractivity contribution is -0.146. The smallest absolute Gasteiger partial charge is 0.253 e. The topological polar surface area (TPSA) is 72.7 Å². The minimum atomic E-state index is -0.539. The van der Waals surface area contributed by atoms with E-state index in [1.54, 1.807) is 22.0 Å². The van der Waals surface area contributed by atoms with Crippen molar-refractivity contribution in [3.63, 3.8) is 0 Å². The molecule has 0 aliphatic carbocycles. The Hall–Kier alpha value is -2.29. The van der Waals surface area contributed by atoms with Gasteiger partial charge in [-0.25, -0.2) is 0 Å². The average Bonchev–Trinajstić information content (AvgIpc) is 2.95. The maximum absolute atomic E-state index is 12.4. The van der Waals surface area contributed by atoms with Crippen molar-refractivity contribution in [1.82, 2.24) is 19.7 Å². The summed E-state index contributed by atoms with van der Waals surface area (Å²) in [5, 5.41) is 4.24. The van der Waals surface area contributed by atoms with Crippen molar-refractivity contribution < 1.29 is 14.3 Å². The first-order valence-electron chi connectivity index (χ1n) is 8.76. The first-order chi connectivity index (χ1) is 12.6. The van der Waals surface area contributed by atoms with Gasteiger partial charge in [0.2, 0.25) is 0 Å². The van der Waals surface area contributed by atoms with Gasteiger partial charge in [-0.1, -0.05) is 0 Å². The number of hydrogen-bond acceptors (Lipinski definition) is 6. The number of aromatic nitrogens is 3. The molecule has 1 amide bonds. The van der Waals surface area contributed by atoms with E-state index < -0.39 is 5.60 Å². The number of aryl methyl sites for hydroxylation is 1. The first-order valence-corrected chi connectivity index (χ1v) is 8.76. The molecule has 8 nitrogen and oxygen atoms in total. The summed E-state index contributed by atoms with van der Waals surface area (Å²) in [6.45, 7) is 3.93. The summed E-state index contributed by atoms with van der Waals surface area (Å²) in [6.07, 6.45) is 7.31. The van der Waals surface area contributed by atoms with E-state index in [0.29, 0.717) is 26.3 Å². The van der Waals surface area contributed by atoms with Gasteiger partial charge in [0.05, 0.1) is 37.8 Å². The van der Waals surface area contributed by atoms with Gasteiger partial charge < -0.3 is 14.4 Å². The van der Waals surface area contributed by atoms with Gasteiger partial charge in [0.1, 0.15) is 12.2 Å². The highest BCUT2D eigenvalue weighted by Gasteiger charge is 2.43. The fourth-order valence-electron chi connectivity index (χ4n) is 3.58. The second-order valence-corrected chi connectivity index (χ2v) is 6.95. The van der Waals surface area contributed by atoms with Gasteiger partial charge in [0.25, 0.3) is 5.91 Å². The first kappa shape index (κ1) is 17.1. The third-order valence-corrected chi connectivity index (χ3v) is 4.80. The third kappa shape index (κ3) is 3.62. The molecule has 4 heterocycles. The van der Waals surface area contributed by atoms with Crippen LogP contribution in [-0.2, 0) is 27.9 Å². The molecule has 0 N–H and O–H groups in total. The van der Waals surface area contributed by atoms with E-state index in [1.165, 1.54) is 0 Å². The molecule has 2 saturated heterocycles. The van der Waals surface area contributed by atoms with Crippen molar-refractivity contribution >= 4 is 11.6 Å². The number of carbonyl (C=O) groups is 1. The number of nitrogens with zero attached hydrogens (tertiary/aromatic N) is 5. The Kier molecular flexibility index (Phi) is 4.71. The second-order valence-electron chi connectivity index (χ2n) is 6.95. The minimum absolute atomic E-state index is 0.0494. The molecular weight excluding hydrogens is 334 g/mol. The molecule has 2 aliphatic rings. The minimum Gasteiger partial charge on any atom is -0.377 e. The maximum Gasteiger partial charge on any atom is 0.253 e. The van der Waals surface area contributed by atoms with E-state index in [1.807, 2.05) is 31.6 Å². The summed E-state index contributed by atoms with van der Waals surface area (Å²) in [4.78, 5) is 20.6. The standard InChI is InChI=1S/C18H23N5O3/c1-21-9-15(7-20-21)10-22-5-6-25-14-18(12-22)13-23(17(24)11-26-18)16-3-2-4-19-8-16/h2-4,7-9H,5-6,10-14H2,1H3/t18-/m1/s1. The van der Waals surface area contributed by atoms with Gasteiger partial charge in [-0.2, -0.15) is 5.10 Å². The van der Waals surface area contributed by atoms with Gasteiger partial charge in [-0.05, 0) is 12.1 Å². The number of hydrogen-bond donors (Lipinski definition) is 0. The van der Waals surface area contributed by atoms with Crippen molar-refractivity contribution in [1.29, 1.82) is 0 Å². The molecule has 0 bridgehead atoms. The molecule has 2 aromatic heterocycles. The van der Waals surface area contributed by atoms with E-state index in [9.17, 15) is 4.79 Å². The predicted molar refractivity (Wildman–Crippen MR) is 94.6 cm³/mol. The van der Waals surface area contributed by atoms with Crippen LogP contribution >= 0.6 is 0 Å². The summed E-state index contributed by atoms with van der Waals surface area (Å²) in [6, 6.07) is 3.73. The zero-order chi connectivity index (χ0) is 18.0. The number of carbonyl (C=O) groups excluding carboxylic acids is 1. The van der Waals surface area contributed by atoms with Crippen LogP contribution < -0.4 is 4.90 Å². The molecule has 2 aromatic rings. The Morgan fingerprint density at radius 2 is 2.23 bits per heavy atom. The van der Waals surface area contributed by atoms with Gasteiger partial charge in [0, 0.05) is 44.6 Å². The molecule has 2 fully saturated rings. The van der Waals surface area contributed by atoms with Crippen molar-refractivity contribution in [3.8, 4) is 0 Å². The molecule has 0 saturated carbocycles. The van der Waals surface area contributed by atoms with E-state index in [-0.39, 0.29) is 12.5 Å². The molecule has 8 heteroatoms. The van der Waals surface area contributed by atoms with Gasteiger partial charge in [0.15, 0.2) is 0 Å². The maximum atomic E-state index is 12.4. The predicted octanol–water partition coefficient (Wildman–Crippen LogP) is 0.450. The zero-order valence-electron chi connectivity index (χ0n) is 14.9. The molecule has 0 radical (unpaired) electrons. The highest BCUT2D eigenvalue weighted by Crippen LogP contribution is 2.27. The Morgan fingerprint density at radius 1 is 1.31 bits per heavy atom. The van der Waals surface area contributed by atoms with Crippen LogP contribution in [0.2, 0.25) is 0 Å². The highest BCUT2D eigenvalue weighted by atomic mass is 16.6. The van der Waals surface area contributed by atoms with Crippen LogP contribution in [0.15, 0.2) is 36.9 Å². The Labute approximate surface area is 152 Å². The number of rotatable bonds is 3. The summed E-state index contributed by atoms with van der Waals surface area (Å²) in [5.74, 6) is -0.0494. The van der Waals surface area contributed by atoms with Crippen molar-refractivity contribution in [2.24, 2.45) is 7.05 Å². The summed E-state index contributed by atoms with van der Waals surface area (Å²) >= 11 is 0. The lowest BCUT2D eigenvalue weighted by Crippen LogP contribution is -2.60. The normalized spacial score (nSPS) is 24.8. The van der Waals surface area contributed by atoms with E-state index in [4.69, 9.17) is 9.47 Å². The summed E-state index contributed by atoms with van der Waals surface area (Å²) in [5.41, 5.74) is 1.41. The molecule has 1 spiro atoms. The average molecular weight is 357 g/mol. The fourth-order valence-corrected chi connectivity index (χ4v) is 3.58. The van der Waals surface area contributed by atoms with E-state index in [0.717, 1.165) is 24.3 Å². The lowest BCUT2D eigenvalue weighted by atomic mass is 10.0. The van der Waals surface area contributed by atoms with E-state index >= 15 is 0 Å². The van der Waals surface area contributed by atoms with Crippen LogP contribution in [0.25, 0.3) is 0 Å². The van der Waals surface area contributed by atoms with Crippen molar-refractivity contribution in [2.75, 3.05) is 44.4 Å². The number of ether oxygens (including phenoxy) is 2. The molecule has 0 aromatic carbocycles. The Balaban J connectivity index is 1.52. The SMILES string of the molecule is Cn1cc(CN2CCOC[C@@]3(C2)CN(c2cccnc2)C(=O)CO3)cn1. The quantitative estimate of drug-likeness (QED) is 0.794. The molecule has 0 unspecified atom stereocenters. The Bertz CT molecular complexity index is 765. The molecule has 1 atom stereocenters. The summed E-state index contributed by atoms with van der Waals surface area (Å²) < 4.78 is 13.7. The number of amides is 1. The molecular formula is C18H23N5O3. The van der Waals surface area contributed by atoms with Crippen LogP contribution in [0.3, 0.4) is 0 Å². The van der Waals surface area contributed by atoms with E-state index in [2.05, 4.69) is 15.0 Å². The van der Waals surface area contributed by atoms with Crippen LogP contribution in [0, 0.1) is 0 Å². The fraction of sp³-hybridized carbons (Fsp3) is 0.500. The molecule has 4 rings (SSSR count). The van der Waals surface area contributed by atoms with Crippen molar-refractivity contribution in [2.45, 2.75) is 12.1 Å². The molecule has 138 valence electrons. The highest BCUT2D eigenvalue weighted by molar-refractivity contribution is 5.95. The van der Waals surface area contributed by atoms with Crippen LogP contribution in [0.4, 0.5) is 5.69 Å². The van der Waals surface area contributed by atoms with Crippen LogP contribution in [0.1, 0.15) is 5.56 Å². The number of morpholine rings is 1. The summed E-state index contributed by atoms with van der Waals surface area (Å²) in [7, 11) is 1.91. The Morgan fingerprint density at radius 3 is 3.00 bits per heavy atom.